The number of piperidine rings is 2. The molecule has 0 amide bonds. The summed E-state index contributed by atoms with van der Waals surface area (Å²) in [4.78, 5) is 6.95. The van der Waals surface area contributed by atoms with E-state index in [0.29, 0.717) is 6.04 Å². The van der Waals surface area contributed by atoms with Crippen molar-refractivity contribution in [2.24, 2.45) is 0 Å². The maximum atomic E-state index is 4.33. The fourth-order valence-electron chi connectivity index (χ4n) is 3.36. The van der Waals surface area contributed by atoms with Crippen LogP contribution in [0, 0.1) is 0 Å². The van der Waals surface area contributed by atoms with Crippen molar-refractivity contribution in [3.63, 3.8) is 0 Å². The number of fused-ring (bicyclic) bond motifs is 2. The highest BCUT2D eigenvalue weighted by Crippen LogP contribution is 2.32. The van der Waals surface area contributed by atoms with E-state index in [1.807, 2.05) is 5.51 Å². The molecular formula is C13H21N3S. The highest BCUT2D eigenvalue weighted by molar-refractivity contribution is 7.07. The molecular weight excluding hydrogens is 230 g/mol. The van der Waals surface area contributed by atoms with Crippen molar-refractivity contribution in [3.05, 3.63) is 16.6 Å². The summed E-state index contributed by atoms with van der Waals surface area (Å²) in [6.45, 7) is 0.942. The Kier molecular flexibility index (Phi) is 3.45. The first-order valence-corrected chi connectivity index (χ1v) is 7.59. The number of hydrogen-bond acceptors (Lipinski definition) is 4. The molecule has 3 heterocycles. The van der Waals surface area contributed by atoms with E-state index in [4.69, 9.17) is 0 Å². The summed E-state index contributed by atoms with van der Waals surface area (Å²) in [6, 6.07) is 2.33. The molecule has 0 aliphatic carbocycles. The van der Waals surface area contributed by atoms with Gasteiger partial charge in [0.25, 0.3) is 0 Å². The number of aromatic nitrogens is 1. The van der Waals surface area contributed by atoms with Crippen molar-refractivity contribution >= 4 is 11.3 Å². The molecule has 1 aromatic heterocycles. The van der Waals surface area contributed by atoms with Gasteiger partial charge in [-0.2, -0.15) is 0 Å². The number of nitrogens with one attached hydrogen (secondary N) is 1. The summed E-state index contributed by atoms with van der Waals surface area (Å²) >= 11 is 1.68. The maximum absolute atomic E-state index is 4.33. The van der Waals surface area contributed by atoms with Crippen molar-refractivity contribution in [3.8, 4) is 0 Å². The number of thiazole rings is 1. The van der Waals surface area contributed by atoms with E-state index in [1.54, 1.807) is 11.3 Å². The lowest BCUT2D eigenvalue weighted by atomic mass is 9.82. The minimum absolute atomic E-state index is 0.697. The van der Waals surface area contributed by atoms with Gasteiger partial charge < -0.3 is 10.2 Å². The third-order valence-corrected chi connectivity index (χ3v) is 5.03. The molecule has 2 unspecified atom stereocenters. The lowest BCUT2D eigenvalue weighted by Crippen LogP contribution is -2.54. The first kappa shape index (κ1) is 11.6. The molecule has 94 valence electrons. The fraction of sp³-hybridized carbons (Fsp3) is 0.769. The van der Waals surface area contributed by atoms with Crippen LogP contribution in [0.3, 0.4) is 0 Å². The maximum Gasteiger partial charge on any atom is 0.0795 e. The van der Waals surface area contributed by atoms with Crippen molar-refractivity contribution in [2.45, 2.75) is 56.8 Å². The largest absolute Gasteiger partial charge is 0.308 e. The number of rotatable bonds is 3. The van der Waals surface area contributed by atoms with Crippen LogP contribution >= 0.6 is 11.3 Å². The molecule has 0 radical (unpaired) electrons. The normalized spacial score (nSPS) is 33.8. The minimum atomic E-state index is 0.697. The molecule has 2 aliphatic heterocycles. The molecule has 2 atom stereocenters. The van der Waals surface area contributed by atoms with Crippen LogP contribution in [0.5, 0.6) is 0 Å². The second kappa shape index (κ2) is 5.04. The summed E-state index contributed by atoms with van der Waals surface area (Å²) in [6.07, 6.45) is 6.84. The zero-order valence-corrected chi connectivity index (χ0v) is 11.2. The average molecular weight is 251 g/mol. The molecule has 2 fully saturated rings. The Balaban J connectivity index is 1.55. The van der Waals surface area contributed by atoms with Crippen molar-refractivity contribution in [1.82, 2.24) is 15.2 Å². The predicted octanol–water partition coefficient (Wildman–Crippen LogP) is 2.25. The Bertz CT molecular complexity index is 338. The van der Waals surface area contributed by atoms with Gasteiger partial charge in [0.2, 0.25) is 0 Å². The molecule has 2 aliphatic rings. The topological polar surface area (TPSA) is 28.2 Å². The van der Waals surface area contributed by atoms with Crippen LogP contribution in [0.2, 0.25) is 0 Å². The third-order valence-electron chi connectivity index (χ3n) is 4.40. The summed E-state index contributed by atoms with van der Waals surface area (Å²) in [5, 5.41) is 5.83. The number of nitrogens with zero attached hydrogens (tertiary/aromatic N) is 2. The van der Waals surface area contributed by atoms with Gasteiger partial charge in [0.05, 0.1) is 11.2 Å². The first-order valence-electron chi connectivity index (χ1n) is 6.65. The zero-order chi connectivity index (χ0) is 11.7. The molecule has 2 bridgehead atoms. The van der Waals surface area contributed by atoms with Crippen LogP contribution in [0.15, 0.2) is 10.9 Å². The van der Waals surface area contributed by atoms with Crippen molar-refractivity contribution < 1.29 is 0 Å². The summed E-state index contributed by atoms with van der Waals surface area (Å²) in [5.41, 5.74) is 3.11. The van der Waals surface area contributed by atoms with E-state index in [0.717, 1.165) is 18.6 Å². The van der Waals surface area contributed by atoms with Gasteiger partial charge in [-0.3, -0.25) is 0 Å². The predicted molar refractivity (Wildman–Crippen MR) is 71.2 cm³/mol. The van der Waals surface area contributed by atoms with E-state index in [-0.39, 0.29) is 0 Å². The standard InChI is InChI=1S/C13H21N3S/c1-16-12-3-2-4-13(16)6-10(5-12)14-7-11-8-17-9-15-11/h8-10,12-14H,2-7H2,1H3. The molecule has 2 saturated heterocycles. The van der Waals surface area contributed by atoms with Crippen LogP contribution in [0.1, 0.15) is 37.8 Å². The summed E-state index contributed by atoms with van der Waals surface area (Å²) < 4.78 is 0. The second-order valence-corrected chi connectivity index (χ2v) is 6.15. The summed E-state index contributed by atoms with van der Waals surface area (Å²) in [7, 11) is 2.31. The minimum Gasteiger partial charge on any atom is -0.308 e. The molecule has 0 saturated carbocycles. The third kappa shape index (κ3) is 2.54. The zero-order valence-electron chi connectivity index (χ0n) is 10.4. The number of hydrogen-bond donors (Lipinski definition) is 1. The van der Waals surface area contributed by atoms with E-state index < -0.39 is 0 Å². The van der Waals surface area contributed by atoms with Crippen LogP contribution in [0.25, 0.3) is 0 Å². The summed E-state index contributed by atoms with van der Waals surface area (Å²) in [5.74, 6) is 0. The van der Waals surface area contributed by atoms with Gasteiger partial charge >= 0.3 is 0 Å². The van der Waals surface area contributed by atoms with Crippen molar-refractivity contribution in [1.29, 1.82) is 0 Å². The van der Waals surface area contributed by atoms with Crippen LogP contribution in [0.4, 0.5) is 0 Å². The fourth-order valence-corrected chi connectivity index (χ4v) is 3.91. The van der Waals surface area contributed by atoms with Gasteiger partial charge in [0, 0.05) is 30.1 Å². The van der Waals surface area contributed by atoms with Gasteiger partial charge in [-0.25, -0.2) is 4.98 Å². The molecule has 4 heteroatoms. The smallest absolute Gasteiger partial charge is 0.0795 e. The highest BCUT2D eigenvalue weighted by atomic mass is 32.1. The monoisotopic (exact) mass is 251 g/mol. The van der Waals surface area contributed by atoms with E-state index >= 15 is 0 Å². The second-order valence-electron chi connectivity index (χ2n) is 5.43. The highest BCUT2D eigenvalue weighted by Gasteiger charge is 2.35. The van der Waals surface area contributed by atoms with Gasteiger partial charge in [-0.1, -0.05) is 6.42 Å². The first-order chi connectivity index (χ1) is 8.33. The molecule has 1 N–H and O–H groups in total. The van der Waals surface area contributed by atoms with E-state index in [9.17, 15) is 0 Å². The Morgan fingerprint density at radius 3 is 2.82 bits per heavy atom. The lowest BCUT2D eigenvalue weighted by molar-refractivity contribution is 0.0482. The van der Waals surface area contributed by atoms with Gasteiger partial charge in [-0.15, -0.1) is 11.3 Å². The van der Waals surface area contributed by atoms with E-state index in [1.165, 1.54) is 37.8 Å². The van der Waals surface area contributed by atoms with Crippen LogP contribution in [-0.4, -0.2) is 35.1 Å². The molecule has 3 rings (SSSR count). The van der Waals surface area contributed by atoms with Crippen LogP contribution in [-0.2, 0) is 6.54 Å². The molecule has 0 spiro atoms. The lowest BCUT2D eigenvalue weighted by Gasteiger charge is -2.47. The Hall–Kier alpha value is -0.450. The Morgan fingerprint density at radius 2 is 2.18 bits per heavy atom. The van der Waals surface area contributed by atoms with Gasteiger partial charge in [0.15, 0.2) is 0 Å². The molecule has 3 nitrogen and oxygen atoms in total. The molecule has 0 aromatic carbocycles. The van der Waals surface area contributed by atoms with E-state index in [2.05, 4.69) is 27.6 Å². The van der Waals surface area contributed by atoms with Crippen molar-refractivity contribution in [2.75, 3.05) is 7.05 Å². The molecule has 17 heavy (non-hydrogen) atoms. The van der Waals surface area contributed by atoms with Gasteiger partial charge in [0.1, 0.15) is 0 Å². The Morgan fingerprint density at radius 1 is 1.41 bits per heavy atom. The average Bonchev–Trinajstić information content (AvgIpc) is 2.79. The van der Waals surface area contributed by atoms with Crippen LogP contribution < -0.4 is 5.32 Å². The Labute approximate surface area is 107 Å². The quantitative estimate of drug-likeness (QED) is 0.893. The molecule has 1 aromatic rings. The SMILES string of the molecule is CN1C2CCCC1CC(NCc1cscn1)C2. The van der Waals surface area contributed by atoms with Gasteiger partial charge in [-0.05, 0) is 32.7 Å².